The Kier molecular flexibility index (Phi) is 5.52. The van der Waals surface area contributed by atoms with Crippen LogP contribution in [0.25, 0.3) is 0 Å². The van der Waals surface area contributed by atoms with Crippen LogP contribution in [0.5, 0.6) is 5.75 Å². The zero-order chi connectivity index (χ0) is 15.2. The van der Waals surface area contributed by atoms with Crippen LogP contribution in [-0.4, -0.2) is 42.6 Å². The molecule has 1 N–H and O–H groups in total. The van der Waals surface area contributed by atoms with Crippen molar-refractivity contribution in [2.75, 3.05) is 26.7 Å². The molecule has 1 atom stereocenters. The maximum Gasteiger partial charge on any atom is 0.273 e. The summed E-state index contributed by atoms with van der Waals surface area (Å²) in [6, 6.07) is 5.46. The highest BCUT2D eigenvalue weighted by molar-refractivity contribution is 5.42. The molecule has 1 aromatic rings. The highest BCUT2D eigenvalue weighted by atomic mass is 16.6. The van der Waals surface area contributed by atoms with E-state index in [1.807, 2.05) is 6.07 Å². The van der Waals surface area contributed by atoms with Gasteiger partial charge in [-0.25, -0.2) is 0 Å². The number of nitro benzene ring substituents is 1. The maximum atomic E-state index is 10.9. The average molecular weight is 293 g/mol. The van der Waals surface area contributed by atoms with E-state index < -0.39 is 0 Å². The van der Waals surface area contributed by atoms with Crippen molar-refractivity contribution in [2.45, 2.75) is 32.4 Å². The molecule has 1 aromatic carbocycles. The summed E-state index contributed by atoms with van der Waals surface area (Å²) < 4.78 is 5.12. The van der Waals surface area contributed by atoms with E-state index in [0.29, 0.717) is 18.3 Å². The van der Waals surface area contributed by atoms with E-state index in [-0.39, 0.29) is 10.6 Å². The van der Waals surface area contributed by atoms with Crippen LogP contribution in [0.2, 0.25) is 0 Å². The summed E-state index contributed by atoms with van der Waals surface area (Å²) in [5.74, 6) is 0.525. The van der Waals surface area contributed by atoms with E-state index >= 15 is 0 Å². The number of likely N-dealkylation sites (tertiary alicyclic amines) is 1. The lowest BCUT2D eigenvalue weighted by atomic mass is 10.1. The molecular weight excluding hydrogens is 270 g/mol. The van der Waals surface area contributed by atoms with Gasteiger partial charge in [0.25, 0.3) is 5.69 Å². The molecule has 0 radical (unpaired) electrons. The fraction of sp³-hybridized carbons (Fsp3) is 0.600. The first-order valence-electron chi connectivity index (χ1n) is 7.41. The van der Waals surface area contributed by atoms with Gasteiger partial charge in [-0.05, 0) is 37.6 Å². The average Bonchev–Trinajstić information content (AvgIpc) is 2.94. The molecule has 2 rings (SSSR count). The van der Waals surface area contributed by atoms with Crippen LogP contribution in [0.4, 0.5) is 5.69 Å². The molecule has 1 unspecified atom stereocenters. The number of benzene rings is 1. The molecule has 6 nitrogen and oxygen atoms in total. The van der Waals surface area contributed by atoms with Gasteiger partial charge >= 0.3 is 0 Å². The second-order valence-electron chi connectivity index (χ2n) is 5.35. The molecule has 0 aromatic heterocycles. The molecule has 0 spiro atoms. The smallest absolute Gasteiger partial charge is 0.273 e. The summed E-state index contributed by atoms with van der Waals surface area (Å²) in [7, 11) is 1.52. The van der Waals surface area contributed by atoms with Crippen LogP contribution >= 0.6 is 0 Å². The Morgan fingerprint density at radius 2 is 2.29 bits per heavy atom. The lowest BCUT2D eigenvalue weighted by Crippen LogP contribution is -2.37. The van der Waals surface area contributed by atoms with Crippen LogP contribution < -0.4 is 10.1 Å². The standard InChI is InChI=1S/C15H23N3O3/c1-3-17-6-4-5-13(17)11-16-10-12-7-14(18(19)20)9-15(8-12)21-2/h7-9,13,16H,3-6,10-11H2,1-2H3. The first kappa shape index (κ1) is 15.7. The van der Waals surface area contributed by atoms with Crippen LogP contribution in [0.15, 0.2) is 18.2 Å². The van der Waals surface area contributed by atoms with Crippen molar-refractivity contribution >= 4 is 5.69 Å². The molecule has 116 valence electrons. The Morgan fingerprint density at radius 3 is 2.95 bits per heavy atom. The summed E-state index contributed by atoms with van der Waals surface area (Å²) in [6.07, 6.45) is 2.48. The molecule has 0 saturated carbocycles. The predicted octanol–water partition coefficient (Wildman–Crippen LogP) is 2.18. The molecule has 1 saturated heterocycles. The summed E-state index contributed by atoms with van der Waals surface area (Å²) in [5.41, 5.74) is 0.948. The van der Waals surface area contributed by atoms with E-state index in [2.05, 4.69) is 17.1 Å². The Bertz CT molecular complexity index is 493. The SMILES string of the molecule is CCN1CCCC1CNCc1cc(OC)cc([N+](=O)[O-])c1. The zero-order valence-electron chi connectivity index (χ0n) is 12.7. The minimum Gasteiger partial charge on any atom is -0.496 e. The van der Waals surface area contributed by atoms with Gasteiger partial charge in [-0.1, -0.05) is 6.92 Å². The number of nitro groups is 1. The molecule has 0 aliphatic carbocycles. The van der Waals surface area contributed by atoms with E-state index in [0.717, 1.165) is 18.7 Å². The molecule has 0 bridgehead atoms. The lowest BCUT2D eigenvalue weighted by Gasteiger charge is -2.23. The number of hydrogen-bond acceptors (Lipinski definition) is 5. The molecule has 0 amide bonds. The van der Waals surface area contributed by atoms with E-state index in [1.165, 1.54) is 32.6 Å². The second kappa shape index (κ2) is 7.38. The fourth-order valence-electron chi connectivity index (χ4n) is 2.89. The zero-order valence-corrected chi connectivity index (χ0v) is 12.7. The van der Waals surface area contributed by atoms with Crippen molar-refractivity contribution in [1.29, 1.82) is 0 Å². The van der Waals surface area contributed by atoms with Crippen molar-refractivity contribution in [1.82, 2.24) is 10.2 Å². The van der Waals surface area contributed by atoms with Crippen LogP contribution in [-0.2, 0) is 6.54 Å². The van der Waals surface area contributed by atoms with Gasteiger partial charge in [-0.2, -0.15) is 0 Å². The Labute approximate surface area is 125 Å². The van der Waals surface area contributed by atoms with Gasteiger partial charge in [-0.3, -0.25) is 15.0 Å². The number of ether oxygens (including phenoxy) is 1. The van der Waals surface area contributed by atoms with Crippen molar-refractivity contribution in [3.05, 3.63) is 33.9 Å². The molecule has 1 aliphatic heterocycles. The van der Waals surface area contributed by atoms with Gasteiger partial charge < -0.3 is 10.1 Å². The number of rotatable bonds is 7. The van der Waals surface area contributed by atoms with Gasteiger partial charge in [0.05, 0.1) is 18.1 Å². The van der Waals surface area contributed by atoms with E-state index in [9.17, 15) is 10.1 Å². The van der Waals surface area contributed by atoms with Gasteiger partial charge in [0, 0.05) is 25.2 Å². The summed E-state index contributed by atoms with van der Waals surface area (Å²) in [5, 5.41) is 14.3. The Balaban J connectivity index is 1.93. The Hall–Kier alpha value is -1.66. The van der Waals surface area contributed by atoms with Crippen molar-refractivity contribution < 1.29 is 9.66 Å². The quantitative estimate of drug-likeness (QED) is 0.616. The van der Waals surface area contributed by atoms with Crippen molar-refractivity contribution in [3.63, 3.8) is 0 Å². The number of hydrogen-bond donors (Lipinski definition) is 1. The first-order valence-corrected chi connectivity index (χ1v) is 7.41. The Morgan fingerprint density at radius 1 is 1.48 bits per heavy atom. The summed E-state index contributed by atoms with van der Waals surface area (Å²) >= 11 is 0. The molecule has 1 heterocycles. The first-order chi connectivity index (χ1) is 10.1. The van der Waals surface area contributed by atoms with Gasteiger partial charge in [0.15, 0.2) is 0 Å². The van der Waals surface area contributed by atoms with Crippen LogP contribution in [0.1, 0.15) is 25.3 Å². The van der Waals surface area contributed by atoms with Gasteiger partial charge in [0.1, 0.15) is 5.75 Å². The minimum atomic E-state index is -0.387. The monoisotopic (exact) mass is 293 g/mol. The third kappa shape index (κ3) is 4.15. The number of non-ortho nitro benzene ring substituents is 1. The molecule has 21 heavy (non-hydrogen) atoms. The number of nitrogens with zero attached hydrogens (tertiary/aromatic N) is 2. The topological polar surface area (TPSA) is 67.6 Å². The van der Waals surface area contributed by atoms with Crippen LogP contribution in [0.3, 0.4) is 0 Å². The molecule has 1 fully saturated rings. The van der Waals surface area contributed by atoms with E-state index in [4.69, 9.17) is 4.74 Å². The molecule has 1 aliphatic rings. The van der Waals surface area contributed by atoms with Crippen molar-refractivity contribution in [2.24, 2.45) is 0 Å². The highest BCUT2D eigenvalue weighted by Crippen LogP contribution is 2.22. The van der Waals surface area contributed by atoms with E-state index in [1.54, 1.807) is 6.07 Å². The molecule has 6 heteroatoms. The van der Waals surface area contributed by atoms with Gasteiger partial charge in [0.2, 0.25) is 0 Å². The lowest BCUT2D eigenvalue weighted by molar-refractivity contribution is -0.385. The largest absolute Gasteiger partial charge is 0.496 e. The maximum absolute atomic E-state index is 10.9. The normalized spacial score (nSPS) is 18.9. The number of nitrogens with one attached hydrogen (secondary N) is 1. The summed E-state index contributed by atoms with van der Waals surface area (Å²) in [4.78, 5) is 13.0. The third-order valence-corrected chi connectivity index (χ3v) is 4.01. The second-order valence-corrected chi connectivity index (χ2v) is 5.35. The predicted molar refractivity (Wildman–Crippen MR) is 81.6 cm³/mol. The minimum absolute atomic E-state index is 0.0715. The van der Waals surface area contributed by atoms with Gasteiger partial charge in [-0.15, -0.1) is 0 Å². The van der Waals surface area contributed by atoms with Crippen LogP contribution in [0, 0.1) is 10.1 Å². The highest BCUT2D eigenvalue weighted by Gasteiger charge is 2.22. The third-order valence-electron chi connectivity index (χ3n) is 4.01. The number of methoxy groups -OCH3 is 1. The number of likely N-dealkylation sites (N-methyl/N-ethyl adjacent to an activating group) is 1. The molecular formula is C15H23N3O3. The fourth-order valence-corrected chi connectivity index (χ4v) is 2.89. The summed E-state index contributed by atoms with van der Waals surface area (Å²) in [6.45, 7) is 5.97. The van der Waals surface area contributed by atoms with Crippen molar-refractivity contribution in [3.8, 4) is 5.75 Å².